The molecule has 1 heterocycles. The standard InChI is InChI=1S/C11H9NO5Se/c13-9(14)5-7(11(16)17)12-10(15)6-3-1-2-4-8(6)18-12/h1-4,7H,5H2,(H,13,14)(H,16,17)/t7-/m0/s1. The Labute approximate surface area is 107 Å². The number of nitrogens with zero attached hydrogens (tertiary/aromatic N) is 1. The number of rotatable bonds is 4. The molecule has 0 amide bonds. The number of aliphatic carboxylic acids is 2. The van der Waals surface area contributed by atoms with Crippen LogP contribution in [0.25, 0.3) is 9.65 Å². The molecule has 6 nitrogen and oxygen atoms in total. The Morgan fingerprint density at radius 3 is 2.50 bits per heavy atom. The number of carbonyl (C=O) groups is 2. The van der Waals surface area contributed by atoms with Gasteiger partial charge in [-0.2, -0.15) is 0 Å². The summed E-state index contributed by atoms with van der Waals surface area (Å²) in [6, 6.07) is 5.54. The van der Waals surface area contributed by atoms with E-state index < -0.39 is 44.7 Å². The molecule has 18 heavy (non-hydrogen) atoms. The third-order valence-corrected chi connectivity index (χ3v) is 4.90. The van der Waals surface area contributed by atoms with Gasteiger partial charge in [0.15, 0.2) is 0 Å². The summed E-state index contributed by atoms with van der Waals surface area (Å²) in [6.07, 6.45) is -0.586. The molecule has 94 valence electrons. The molecule has 1 atom stereocenters. The Hall–Kier alpha value is -1.85. The van der Waals surface area contributed by atoms with Gasteiger partial charge < -0.3 is 0 Å². The van der Waals surface area contributed by atoms with Crippen LogP contribution >= 0.6 is 0 Å². The number of benzene rings is 1. The molecule has 2 N–H and O–H groups in total. The van der Waals surface area contributed by atoms with Gasteiger partial charge in [0, 0.05) is 0 Å². The van der Waals surface area contributed by atoms with Gasteiger partial charge in [0.1, 0.15) is 0 Å². The zero-order valence-corrected chi connectivity index (χ0v) is 10.8. The molecule has 0 bridgehead atoms. The van der Waals surface area contributed by atoms with Gasteiger partial charge in [0.25, 0.3) is 0 Å². The molecule has 0 aliphatic rings. The van der Waals surface area contributed by atoms with E-state index in [9.17, 15) is 14.4 Å². The quantitative estimate of drug-likeness (QED) is 0.784. The molecule has 0 radical (unpaired) electrons. The van der Waals surface area contributed by atoms with Crippen LogP contribution in [0.1, 0.15) is 12.5 Å². The van der Waals surface area contributed by atoms with Crippen molar-refractivity contribution >= 4 is 36.3 Å². The third kappa shape index (κ3) is 2.23. The van der Waals surface area contributed by atoms with Gasteiger partial charge in [0.2, 0.25) is 0 Å². The Kier molecular flexibility index (Phi) is 3.36. The molecule has 0 fully saturated rings. The first-order chi connectivity index (χ1) is 8.50. The fraction of sp³-hybridized carbons (Fsp3) is 0.182. The predicted octanol–water partition coefficient (Wildman–Crippen LogP) is 0.159. The van der Waals surface area contributed by atoms with Crippen LogP contribution in [-0.2, 0) is 9.59 Å². The van der Waals surface area contributed by atoms with Crippen LogP contribution in [0.2, 0.25) is 0 Å². The van der Waals surface area contributed by atoms with E-state index in [1.165, 1.54) is 0 Å². The molecule has 2 aromatic rings. The van der Waals surface area contributed by atoms with Gasteiger partial charge in [-0.25, -0.2) is 0 Å². The average molecular weight is 314 g/mol. The first-order valence-electron chi connectivity index (χ1n) is 5.06. The summed E-state index contributed by atoms with van der Waals surface area (Å²) in [5, 5.41) is 18.2. The van der Waals surface area contributed by atoms with Crippen LogP contribution in [0.3, 0.4) is 0 Å². The summed E-state index contributed by atoms with van der Waals surface area (Å²) < 4.78 is 1.93. The van der Waals surface area contributed by atoms with Crippen LogP contribution in [0.4, 0.5) is 0 Å². The van der Waals surface area contributed by atoms with Crippen molar-refractivity contribution < 1.29 is 19.8 Å². The minimum absolute atomic E-state index is 0.403. The van der Waals surface area contributed by atoms with Crippen molar-refractivity contribution in [1.29, 1.82) is 0 Å². The molecule has 1 aromatic heterocycles. The van der Waals surface area contributed by atoms with E-state index >= 15 is 0 Å². The average Bonchev–Trinajstić information content (AvgIpc) is 2.64. The van der Waals surface area contributed by atoms with Crippen molar-refractivity contribution in [2.45, 2.75) is 12.5 Å². The molecule has 0 aliphatic carbocycles. The second kappa shape index (κ2) is 4.80. The normalized spacial score (nSPS) is 12.4. The summed E-state index contributed by atoms with van der Waals surface area (Å²) >= 11 is -0.480. The maximum atomic E-state index is 12.0. The first kappa shape index (κ1) is 12.6. The molecular weight excluding hydrogens is 305 g/mol. The summed E-state index contributed by atoms with van der Waals surface area (Å²) in [4.78, 5) is 33.7. The van der Waals surface area contributed by atoms with Crippen molar-refractivity contribution in [3.63, 3.8) is 0 Å². The number of carboxylic acid groups (broad SMARTS) is 2. The molecule has 2 rings (SSSR count). The molecule has 0 aliphatic heterocycles. The Bertz CT molecular complexity index is 671. The molecule has 0 saturated carbocycles. The second-order valence-corrected chi connectivity index (χ2v) is 5.80. The number of hydrogen-bond acceptors (Lipinski definition) is 3. The SMILES string of the molecule is O=C(O)C[C@@H](C(=O)O)n1[se]c2ccccc2c1=O. The number of hydrogen-bond donors (Lipinski definition) is 2. The van der Waals surface area contributed by atoms with E-state index in [4.69, 9.17) is 10.2 Å². The van der Waals surface area contributed by atoms with Gasteiger partial charge >= 0.3 is 107 Å². The summed E-state index contributed by atoms with van der Waals surface area (Å²) in [6.45, 7) is 0. The van der Waals surface area contributed by atoms with Gasteiger partial charge in [0.05, 0.1) is 0 Å². The van der Waals surface area contributed by atoms with Gasteiger partial charge in [-0.3, -0.25) is 0 Å². The van der Waals surface area contributed by atoms with Crippen LogP contribution in [0.15, 0.2) is 29.1 Å². The number of aromatic nitrogens is 1. The number of carboxylic acids is 2. The van der Waals surface area contributed by atoms with E-state index in [2.05, 4.69) is 0 Å². The molecule has 0 unspecified atom stereocenters. The molecule has 0 spiro atoms. The fourth-order valence-electron chi connectivity index (χ4n) is 1.63. The maximum absolute atomic E-state index is 12.0. The van der Waals surface area contributed by atoms with Crippen molar-refractivity contribution in [1.82, 2.24) is 3.56 Å². The Morgan fingerprint density at radius 2 is 1.94 bits per heavy atom. The second-order valence-electron chi connectivity index (χ2n) is 3.67. The van der Waals surface area contributed by atoms with E-state index in [1.54, 1.807) is 24.3 Å². The topological polar surface area (TPSA) is 96.6 Å². The van der Waals surface area contributed by atoms with Crippen LogP contribution in [0, 0.1) is 0 Å². The van der Waals surface area contributed by atoms with Gasteiger partial charge in [-0.05, 0) is 0 Å². The molecule has 1 aromatic carbocycles. The summed E-state index contributed by atoms with van der Waals surface area (Å²) in [5.41, 5.74) is -0.403. The summed E-state index contributed by atoms with van der Waals surface area (Å²) in [7, 11) is 0. The van der Waals surface area contributed by atoms with E-state index in [0.717, 1.165) is 7.82 Å². The predicted molar refractivity (Wildman–Crippen MR) is 64.1 cm³/mol. The molecule has 0 saturated heterocycles. The zero-order chi connectivity index (χ0) is 13.3. The van der Waals surface area contributed by atoms with Crippen molar-refractivity contribution in [2.24, 2.45) is 0 Å². The van der Waals surface area contributed by atoms with Gasteiger partial charge in [-0.15, -0.1) is 0 Å². The van der Waals surface area contributed by atoms with Crippen molar-refractivity contribution in [3.05, 3.63) is 34.6 Å². The van der Waals surface area contributed by atoms with Crippen LogP contribution in [-0.4, -0.2) is 40.4 Å². The third-order valence-electron chi connectivity index (χ3n) is 2.45. The van der Waals surface area contributed by atoms with Crippen LogP contribution < -0.4 is 5.56 Å². The number of fused-ring (bicyclic) bond motifs is 1. The van der Waals surface area contributed by atoms with Gasteiger partial charge in [-0.1, -0.05) is 0 Å². The van der Waals surface area contributed by atoms with E-state index in [-0.39, 0.29) is 0 Å². The monoisotopic (exact) mass is 315 g/mol. The molecule has 7 heteroatoms. The fourth-order valence-corrected chi connectivity index (χ4v) is 3.89. The molecular formula is C11H9NO5Se. The zero-order valence-electron chi connectivity index (χ0n) is 9.07. The Morgan fingerprint density at radius 1 is 1.28 bits per heavy atom. The van der Waals surface area contributed by atoms with Crippen LogP contribution in [0.5, 0.6) is 0 Å². The Balaban J connectivity index is 2.57. The minimum atomic E-state index is -1.30. The van der Waals surface area contributed by atoms with E-state index in [0.29, 0.717) is 5.39 Å². The van der Waals surface area contributed by atoms with E-state index in [1.807, 2.05) is 0 Å². The van der Waals surface area contributed by atoms with Crippen molar-refractivity contribution in [2.75, 3.05) is 0 Å². The first-order valence-corrected chi connectivity index (χ1v) is 6.68. The summed E-state index contributed by atoms with van der Waals surface area (Å²) in [5.74, 6) is -2.53. The van der Waals surface area contributed by atoms with Crippen molar-refractivity contribution in [3.8, 4) is 0 Å².